The van der Waals surface area contributed by atoms with Crippen LogP contribution in [0.25, 0.3) is 10.9 Å². The van der Waals surface area contributed by atoms with Gasteiger partial charge in [-0.15, -0.1) is 0 Å². The zero-order valence-corrected chi connectivity index (χ0v) is 11.8. The fourth-order valence-corrected chi connectivity index (χ4v) is 3.22. The van der Waals surface area contributed by atoms with E-state index in [4.69, 9.17) is 0 Å². The Labute approximate surface area is 105 Å². The van der Waals surface area contributed by atoms with Gasteiger partial charge in [-0.2, -0.15) is 0 Å². The Bertz CT molecular complexity index is 541. The van der Waals surface area contributed by atoms with E-state index in [1.54, 1.807) is 0 Å². The number of rotatable bonds is 2. The summed E-state index contributed by atoms with van der Waals surface area (Å²) in [5, 5.41) is 4.54. The molecule has 86 valence electrons. The first-order valence-corrected chi connectivity index (χ1v) is 6.24. The Morgan fingerprint density at radius 1 is 1.31 bits per heavy atom. The second kappa shape index (κ2) is 4.22. The normalized spacial score (nSPS) is 11.3. The number of nitrogens with one attached hydrogen (secondary N) is 1. The van der Waals surface area contributed by atoms with E-state index in [2.05, 4.69) is 58.8 Å². The smallest absolute Gasteiger partial charge is 0.0497 e. The lowest BCUT2D eigenvalue weighted by Gasteiger charge is -2.04. The fraction of sp³-hybridized carbons (Fsp3) is 0.385. The zero-order valence-electron chi connectivity index (χ0n) is 10.2. The minimum Gasteiger partial charge on any atom is -0.345 e. The number of hydrogen-bond donors (Lipinski definition) is 1. The van der Waals surface area contributed by atoms with E-state index >= 15 is 0 Å². The summed E-state index contributed by atoms with van der Waals surface area (Å²) in [6.07, 6.45) is 0. The summed E-state index contributed by atoms with van der Waals surface area (Å²) >= 11 is 3.72. The van der Waals surface area contributed by atoms with Crippen LogP contribution < -0.4 is 5.32 Å². The molecular formula is C13H17BrN2. The van der Waals surface area contributed by atoms with Crippen LogP contribution in [0.1, 0.15) is 16.8 Å². The average Bonchev–Trinajstić information content (AvgIpc) is 2.43. The van der Waals surface area contributed by atoms with Gasteiger partial charge < -0.3 is 9.88 Å². The van der Waals surface area contributed by atoms with Crippen LogP contribution >= 0.6 is 15.9 Å². The van der Waals surface area contributed by atoms with Gasteiger partial charge in [0.2, 0.25) is 0 Å². The average molecular weight is 281 g/mol. The number of halogens is 1. The van der Waals surface area contributed by atoms with Gasteiger partial charge in [0.15, 0.2) is 0 Å². The molecule has 0 unspecified atom stereocenters. The van der Waals surface area contributed by atoms with Crippen LogP contribution in [-0.4, -0.2) is 11.6 Å². The monoisotopic (exact) mass is 280 g/mol. The molecule has 0 aliphatic heterocycles. The van der Waals surface area contributed by atoms with Crippen LogP contribution in [0.3, 0.4) is 0 Å². The molecule has 2 aromatic rings. The summed E-state index contributed by atoms with van der Waals surface area (Å²) in [5.74, 6) is 0. The molecule has 0 spiro atoms. The number of fused-ring (bicyclic) bond motifs is 1. The van der Waals surface area contributed by atoms with Crippen LogP contribution in [0.15, 0.2) is 16.6 Å². The molecule has 2 nitrogen and oxygen atoms in total. The van der Waals surface area contributed by atoms with Gasteiger partial charge in [0.05, 0.1) is 0 Å². The standard InChI is InChI=1S/C13H17BrN2/c1-8-5-9(2)12-10(6-8)16(4)11(7-15-3)13(12)14/h5-6,15H,7H2,1-4H3. The predicted molar refractivity (Wildman–Crippen MR) is 72.9 cm³/mol. The molecule has 0 saturated carbocycles. The Balaban J connectivity index is 2.82. The maximum atomic E-state index is 3.72. The largest absolute Gasteiger partial charge is 0.345 e. The van der Waals surface area contributed by atoms with Crippen LogP contribution in [0, 0.1) is 13.8 Å². The third kappa shape index (κ3) is 1.68. The molecule has 0 aliphatic carbocycles. The maximum Gasteiger partial charge on any atom is 0.0497 e. The minimum atomic E-state index is 0.879. The molecule has 0 radical (unpaired) electrons. The van der Waals surface area contributed by atoms with Gasteiger partial charge in [-0.25, -0.2) is 0 Å². The van der Waals surface area contributed by atoms with Crippen molar-refractivity contribution in [3.8, 4) is 0 Å². The second-order valence-corrected chi connectivity index (χ2v) is 5.12. The van der Waals surface area contributed by atoms with E-state index in [1.807, 2.05) is 7.05 Å². The van der Waals surface area contributed by atoms with Gasteiger partial charge in [0.25, 0.3) is 0 Å². The Morgan fingerprint density at radius 2 is 2.00 bits per heavy atom. The summed E-state index contributed by atoms with van der Waals surface area (Å²) < 4.78 is 3.48. The number of aryl methyl sites for hydroxylation is 3. The maximum absolute atomic E-state index is 3.72. The number of hydrogen-bond acceptors (Lipinski definition) is 1. The third-order valence-corrected chi connectivity index (χ3v) is 3.90. The van der Waals surface area contributed by atoms with Gasteiger partial charge in [0.1, 0.15) is 0 Å². The highest BCUT2D eigenvalue weighted by Crippen LogP contribution is 2.33. The molecule has 1 heterocycles. The fourth-order valence-electron chi connectivity index (χ4n) is 2.30. The summed E-state index contributed by atoms with van der Waals surface area (Å²) in [6, 6.07) is 4.47. The highest BCUT2D eigenvalue weighted by molar-refractivity contribution is 9.10. The molecule has 0 amide bonds. The first kappa shape index (κ1) is 11.7. The molecule has 0 fully saturated rings. The topological polar surface area (TPSA) is 17.0 Å². The van der Waals surface area contributed by atoms with Crippen LogP contribution in [0.5, 0.6) is 0 Å². The lowest BCUT2D eigenvalue weighted by molar-refractivity contribution is 0.741. The summed E-state index contributed by atoms with van der Waals surface area (Å²) in [6.45, 7) is 5.19. The predicted octanol–water partition coefficient (Wildman–Crippen LogP) is 3.28. The summed E-state index contributed by atoms with van der Waals surface area (Å²) in [5.41, 5.74) is 5.25. The Kier molecular flexibility index (Phi) is 3.08. The molecular weight excluding hydrogens is 264 g/mol. The zero-order chi connectivity index (χ0) is 11.9. The van der Waals surface area contributed by atoms with Gasteiger partial charge in [-0.3, -0.25) is 0 Å². The molecule has 1 aromatic heterocycles. The molecule has 0 saturated heterocycles. The quantitative estimate of drug-likeness (QED) is 0.894. The van der Waals surface area contributed by atoms with Crippen molar-refractivity contribution in [2.24, 2.45) is 7.05 Å². The van der Waals surface area contributed by atoms with Crippen molar-refractivity contribution in [1.29, 1.82) is 0 Å². The van der Waals surface area contributed by atoms with Crippen molar-refractivity contribution in [2.45, 2.75) is 20.4 Å². The van der Waals surface area contributed by atoms with Gasteiger partial charge in [-0.05, 0) is 54.0 Å². The first-order valence-electron chi connectivity index (χ1n) is 5.45. The summed E-state index contributed by atoms with van der Waals surface area (Å²) in [4.78, 5) is 0. The van der Waals surface area contributed by atoms with Crippen LogP contribution in [0.4, 0.5) is 0 Å². The van der Waals surface area contributed by atoms with Crippen molar-refractivity contribution >= 4 is 26.8 Å². The van der Waals surface area contributed by atoms with Crippen molar-refractivity contribution in [2.75, 3.05) is 7.05 Å². The lowest BCUT2D eigenvalue weighted by atomic mass is 10.1. The van der Waals surface area contributed by atoms with E-state index < -0.39 is 0 Å². The van der Waals surface area contributed by atoms with Crippen molar-refractivity contribution in [3.05, 3.63) is 33.4 Å². The van der Waals surface area contributed by atoms with Crippen molar-refractivity contribution in [1.82, 2.24) is 9.88 Å². The van der Waals surface area contributed by atoms with Gasteiger partial charge in [0, 0.05) is 34.7 Å². The van der Waals surface area contributed by atoms with Gasteiger partial charge in [-0.1, -0.05) is 6.07 Å². The van der Waals surface area contributed by atoms with E-state index in [0.717, 1.165) is 6.54 Å². The van der Waals surface area contributed by atoms with E-state index in [9.17, 15) is 0 Å². The van der Waals surface area contributed by atoms with Crippen molar-refractivity contribution in [3.63, 3.8) is 0 Å². The highest BCUT2D eigenvalue weighted by Gasteiger charge is 2.14. The first-order chi connectivity index (χ1) is 7.56. The SMILES string of the molecule is CNCc1c(Br)c2c(C)cc(C)cc2n1C. The molecule has 1 N–H and O–H groups in total. The minimum absolute atomic E-state index is 0.879. The molecule has 1 aromatic carbocycles. The lowest BCUT2D eigenvalue weighted by Crippen LogP contribution is -2.09. The van der Waals surface area contributed by atoms with Crippen LogP contribution in [-0.2, 0) is 13.6 Å². The third-order valence-electron chi connectivity index (χ3n) is 3.04. The van der Waals surface area contributed by atoms with Gasteiger partial charge >= 0.3 is 0 Å². The molecule has 0 aliphatic rings. The number of nitrogens with zero attached hydrogens (tertiary/aromatic N) is 1. The molecule has 2 rings (SSSR count). The highest BCUT2D eigenvalue weighted by atomic mass is 79.9. The second-order valence-electron chi connectivity index (χ2n) is 4.33. The Hall–Kier alpha value is -0.800. The molecule has 0 bridgehead atoms. The molecule has 0 atom stereocenters. The summed E-state index contributed by atoms with van der Waals surface area (Å²) in [7, 11) is 4.10. The van der Waals surface area contributed by atoms with E-state index in [0.29, 0.717) is 0 Å². The molecule has 3 heteroatoms. The number of benzene rings is 1. The Morgan fingerprint density at radius 3 is 2.62 bits per heavy atom. The molecule has 16 heavy (non-hydrogen) atoms. The van der Waals surface area contributed by atoms with Crippen LogP contribution in [0.2, 0.25) is 0 Å². The van der Waals surface area contributed by atoms with E-state index in [1.165, 1.54) is 32.2 Å². The van der Waals surface area contributed by atoms with Crippen molar-refractivity contribution < 1.29 is 0 Å². The number of aromatic nitrogens is 1. The van der Waals surface area contributed by atoms with E-state index in [-0.39, 0.29) is 0 Å².